The molecule has 146 valence electrons. The smallest absolute Gasteiger partial charge is 0.316 e. The predicted octanol–water partition coefficient (Wildman–Crippen LogP) is 4.09. The van der Waals surface area contributed by atoms with Gasteiger partial charge in [0.05, 0.1) is 19.0 Å². The van der Waals surface area contributed by atoms with Crippen molar-refractivity contribution in [1.29, 1.82) is 0 Å². The van der Waals surface area contributed by atoms with Crippen LogP contribution >= 0.6 is 23.4 Å². The zero-order valence-electron chi connectivity index (χ0n) is 15.6. The number of nitrogens with zero attached hydrogens (tertiary/aromatic N) is 3. The summed E-state index contributed by atoms with van der Waals surface area (Å²) in [6, 6.07) is 5.57. The van der Waals surface area contributed by atoms with Crippen LogP contribution in [0.3, 0.4) is 0 Å². The van der Waals surface area contributed by atoms with Crippen molar-refractivity contribution in [3.05, 3.63) is 47.3 Å². The first-order valence-electron chi connectivity index (χ1n) is 8.75. The molecule has 0 aliphatic rings. The number of allylic oxidation sites excluding steroid dienone is 1. The van der Waals surface area contributed by atoms with Crippen LogP contribution in [0.1, 0.15) is 24.7 Å². The maximum Gasteiger partial charge on any atom is 0.316 e. The third-order valence-electron chi connectivity index (χ3n) is 3.67. The summed E-state index contributed by atoms with van der Waals surface area (Å²) >= 11 is 7.28. The summed E-state index contributed by atoms with van der Waals surface area (Å²) in [5.74, 6) is 1.63. The number of ether oxygens (including phenoxy) is 2. The van der Waals surface area contributed by atoms with Crippen LogP contribution in [0.4, 0.5) is 0 Å². The number of thioether (sulfide) groups is 1. The van der Waals surface area contributed by atoms with Gasteiger partial charge < -0.3 is 14.0 Å². The first kappa shape index (κ1) is 21.3. The maximum absolute atomic E-state index is 11.5. The van der Waals surface area contributed by atoms with E-state index in [0.29, 0.717) is 36.4 Å². The van der Waals surface area contributed by atoms with Gasteiger partial charge >= 0.3 is 5.97 Å². The van der Waals surface area contributed by atoms with Crippen LogP contribution in [0, 0.1) is 6.92 Å². The number of hydrogen-bond donors (Lipinski definition) is 0. The third-order valence-corrected chi connectivity index (χ3v) is 4.84. The molecular weight excluding hydrogens is 386 g/mol. The largest absolute Gasteiger partial charge is 0.493 e. The Morgan fingerprint density at radius 3 is 2.93 bits per heavy atom. The minimum atomic E-state index is -0.260. The number of aromatic nitrogens is 3. The fraction of sp³-hybridized carbons (Fsp3) is 0.421. The Morgan fingerprint density at radius 1 is 1.41 bits per heavy atom. The molecule has 1 heterocycles. The van der Waals surface area contributed by atoms with Gasteiger partial charge in [-0.1, -0.05) is 29.4 Å². The van der Waals surface area contributed by atoms with E-state index in [9.17, 15) is 4.79 Å². The van der Waals surface area contributed by atoms with Crippen molar-refractivity contribution in [1.82, 2.24) is 14.8 Å². The quantitative estimate of drug-likeness (QED) is 0.241. The van der Waals surface area contributed by atoms with Gasteiger partial charge in [-0.15, -0.1) is 16.8 Å². The molecule has 0 atom stereocenters. The molecule has 0 amide bonds. The Labute approximate surface area is 168 Å². The van der Waals surface area contributed by atoms with Gasteiger partial charge in [-0.25, -0.2) is 0 Å². The highest BCUT2D eigenvalue weighted by Crippen LogP contribution is 2.22. The van der Waals surface area contributed by atoms with E-state index < -0.39 is 0 Å². The van der Waals surface area contributed by atoms with Crippen LogP contribution in [0.5, 0.6) is 5.75 Å². The van der Waals surface area contributed by atoms with Crippen molar-refractivity contribution in [2.24, 2.45) is 0 Å². The van der Waals surface area contributed by atoms with Crippen molar-refractivity contribution in [3.8, 4) is 5.75 Å². The average molecular weight is 410 g/mol. The maximum atomic E-state index is 11.5. The monoisotopic (exact) mass is 409 g/mol. The lowest BCUT2D eigenvalue weighted by Gasteiger charge is -2.10. The van der Waals surface area contributed by atoms with Crippen LogP contribution < -0.4 is 4.74 Å². The van der Waals surface area contributed by atoms with E-state index in [1.807, 2.05) is 29.7 Å². The van der Waals surface area contributed by atoms with Gasteiger partial charge in [0, 0.05) is 18.0 Å². The molecule has 0 saturated heterocycles. The average Bonchev–Trinajstić information content (AvgIpc) is 3.01. The van der Waals surface area contributed by atoms with E-state index in [-0.39, 0.29) is 11.7 Å². The highest BCUT2D eigenvalue weighted by Gasteiger charge is 2.14. The van der Waals surface area contributed by atoms with E-state index in [2.05, 4.69) is 16.8 Å². The highest BCUT2D eigenvalue weighted by molar-refractivity contribution is 7.99. The van der Waals surface area contributed by atoms with E-state index in [1.165, 1.54) is 11.8 Å². The molecule has 0 unspecified atom stereocenters. The number of rotatable bonds is 11. The summed E-state index contributed by atoms with van der Waals surface area (Å²) in [5.41, 5.74) is 1.01. The second kappa shape index (κ2) is 11.0. The molecule has 0 saturated carbocycles. The number of hydrogen-bond acceptors (Lipinski definition) is 6. The van der Waals surface area contributed by atoms with Gasteiger partial charge in [0.1, 0.15) is 11.6 Å². The fourth-order valence-corrected chi connectivity index (χ4v) is 3.43. The van der Waals surface area contributed by atoms with E-state index in [1.54, 1.807) is 13.0 Å². The lowest BCUT2D eigenvalue weighted by Crippen LogP contribution is -2.09. The zero-order chi connectivity index (χ0) is 19.6. The predicted molar refractivity (Wildman–Crippen MR) is 108 cm³/mol. The molecule has 0 bridgehead atoms. The van der Waals surface area contributed by atoms with Crippen LogP contribution in [0.25, 0.3) is 0 Å². The number of halogens is 1. The summed E-state index contributed by atoms with van der Waals surface area (Å²) in [6.45, 7) is 9.06. The number of carbonyl (C=O) groups excluding carboxylic acids is 1. The number of benzene rings is 1. The molecular formula is C19H24ClN3O3S. The summed E-state index contributed by atoms with van der Waals surface area (Å²) in [7, 11) is 0. The second-order valence-corrected chi connectivity index (χ2v) is 7.13. The Morgan fingerprint density at radius 2 is 2.22 bits per heavy atom. The van der Waals surface area contributed by atoms with Gasteiger partial charge in [-0.05, 0) is 44.0 Å². The van der Waals surface area contributed by atoms with Crippen LogP contribution in [-0.2, 0) is 22.5 Å². The Hall–Kier alpha value is -1.99. The van der Waals surface area contributed by atoms with Crippen LogP contribution in [0.2, 0.25) is 5.02 Å². The number of esters is 1. The van der Waals surface area contributed by atoms with Crippen LogP contribution in [-0.4, -0.2) is 39.7 Å². The minimum absolute atomic E-state index is 0.210. The van der Waals surface area contributed by atoms with Crippen molar-refractivity contribution < 1.29 is 14.3 Å². The van der Waals surface area contributed by atoms with Gasteiger partial charge in [0.2, 0.25) is 0 Å². The van der Waals surface area contributed by atoms with Gasteiger partial charge in [0.25, 0.3) is 0 Å². The molecule has 1 aromatic carbocycles. The first-order valence-corrected chi connectivity index (χ1v) is 10.1. The second-order valence-electron chi connectivity index (χ2n) is 5.75. The Balaban J connectivity index is 1.89. The molecule has 1 aromatic heterocycles. The molecule has 27 heavy (non-hydrogen) atoms. The summed E-state index contributed by atoms with van der Waals surface area (Å²) < 4.78 is 12.7. The molecule has 2 aromatic rings. The molecule has 2 rings (SSSR count). The number of carbonyl (C=O) groups is 1. The molecule has 0 radical (unpaired) electrons. The van der Waals surface area contributed by atoms with Gasteiger partial charge in [-0.3, -0.25) is 4.79 Å². The first-order chi connectivity index (χ1) is 13.0. The lowest BCUT2D eigenvalue weighted by atomic mass is 10.2. The standard InChI is InChI=1S/C19H24ClN3O3S/c1-4-10-23-17(21-22-19(23)27-13-18(24)25-5-2)7-6-11-26-16-9-8-15(20)12-14(16)3/h4,8-9,12H,1,5-7,10-11,13H2,2-3H3. The zero-order valence-corrected chi connectivity index (χ0v) is 17.2. The molecule has 0 N–H and O–H groups in total. The lowest BCUT2D eigenvalue weighted by molar-refractivity contribution is -0.139. The van der Waals surface area contributed by atoms with Crippen molar-refractivity contribution in [2.45, 2.75) is 38.4 Å². The highest BCUT2D eigenvalue weighted by atomic mass is 35.5. The van der Waals surface area contributed by atoms with Crippen LogP contribution in [0.15, 0.2) is 36.0 Å². The van der Waals surface area contributed by atoms with Crippen molar-refractivity contribution >= 4 is 29.3 Å². The van der Waals surface area contributed by atoms with E-state index in [4.69, 9.17) is 21.1 Å². The van der Waals surface area contributed by atoms with E-state index >= 15 is 0 Å². The summed E-state index contributed by atoms with van der Waals surface area (Å²) in [6.07, 6.45) is 3.29. The fourth-order valence-electron chi connectivity index (χ4n) is 2.44. The topological polar surface area (TPSA) is 66.2 Å². The SMILES string of the molecule is C=CCn1c(CCCOc2ccc(Cl)cc2C)nnc1SCC(=O)OCC. The molecule has 0 fully saturated rings. The molecule has 0 aliphatic heterocycles. The molecule has 0 spiro atoms. The van der Waals surface area contributed by atoms with Gasteiger partial charge in [-0.2, -0.15) is 0 Å². The van der Waals surface area contributed by atoms with Gasteiger partial charge in [0.15, 0.2) is 5.16 Å². The Kier molecular flexibility index (Phi) is 8.67. The summed E-state index contributed by atoms with van der Waals surface area (Å²) in [5, 5.41) is 9.83. The summed E-state index contributed by atoms with van der Waals surface area (Å²) in [4.78, 5) is 11.5. The number of aryl methyl sites for hydroxylation is 2. The Bertz CT molecular complexity index is 780. The molecule has 0 aliphatic carbocycles. The normalized spacial score (nSPS) is 10.6. The van der Waals surface area contributed by atoms with Crippen molar-refractivity contribution in [3.63, 3.8) is 0 Å². The minimum Gasteiger partial charge on any atom is -0.493 e. The van der Waals surface area contributed by atoms with Crippen molar-refractivity contribution in [2.75, 3.05) is 19.0 Å². The third kappa shape index (κ3) is 6.59. The molecule has 6 nitrogen and oxygen atoms in total. The molecule has 8 heteroatoms. The van der Waals surface area contributed by atoms with E-state index in [0.717, 1.165) is 23.6 Å².